The van der Waals surface area contributed by atoms with Crippen LogP contribution in [0.4, 0.5) is 0 Å². The highest BCUT2D eigenvalue weighted by Gasteiger charge is 2.26. The number of halogens is 1. The van der Waals surface area contributed by atoms with Gasteiger partial charge in [-0.3, -0.25) is 0 Å². The van der Waals surface area contributed by atoms with E-state index in [4.69, 9.17) is 11.6 Å². The van der Waals surface area contributed by atoms with Gasteiger partial charge >= 0.3 is 0 Å². The van der Waals surface area contributed by atoms with Gasteiger partial charge in [-0.2, -0.15) is 0 Å². The summed E-state index contributed by atoms with van der Waals surface area (Å²) in [7, 11) is 0. The van der Waals surface area contributed by atoms with E-state index >= 15 is 0 Å². The van der Waals surface area contributed by atoms with Crippen LogP contribution in [0.15, 0.2) is 30.3 Å². The van der Waals surface area contributed by atoms with Crippen molar-refractivity contribution in [1.29, 1.82) is 0 Å². The molecule has 2 aromatic rings. The largest absolute Gasteiger partial charge is 0.507 e. The number of aryl methyl sites for hydroxylation is 1. The first-order valence-corrected chi connectivity index (χ1v) is 6.14. The maximum absolute atomic E-state index is 10.3. The van der Waals surface area contributed by atoms with Crippen molar-refractivity contribution in [3.05, 3.63) is 41.5 Å². The van der Waals surface area contributed by atoms with E-state index in [0.29, 0.717) is 17.5 Å². The zero-order chi connectivity index (χ0) is 11.1. The Kier molecular flexibility index (Phi) is 2.29. The third-order valence-corrected chi connectivity index (χ3v) is 3.88. The lowest BCUT2D eigenvalue weighted by Crippen LogP contribution is -1.95. The average Bonchev–Trinajstić information content (AvgIpc) is 2.72. The molecule has 0 amide bonds. The molecule has 2 heteroatoms. The molecule has 1 aliphatic carbocycles. The first kappa shape index (κ1) is 9.98. The third-order valence-electron chi connectivity index (χ3n) is 3.50. The Balaban J connectivity index is 2.33. The van der Waals surface area contributed by atoms with Crippen molar-refractivity contribution in [2.24, 2.45) is 0 Å². The highest BCUT2D eigenvalue weighted by atomic mass is 35.5. The zero-order valence-corrected chi connectivity index (χ0v) is 9.67. The molecule has 1 N–H and O–H groups in total. The number of alkyl halides is 1. The van der Waals surface area contributed by atoms with Crippen LogP contribution in [0.3, 0.4) is 0 Å². The topological polar surface area (TPSA) is 20.2 Å². The van der Waals surface area contributed by atoms with Crippen LogP contribution >= 0.6 is 11.6 Å². The smallest absolute Gasteiger partial charge is 0.127 e. The van der Waals surface area contributed by atoms with Gasteiger partial charge in [-0.05, 0) is 23.8 Å². The van der Waals surface area contributed by atoms with E-state index in [2.05, 4.69) is 6.07 Å². The number of rotatable bonds is 1. The molecule has 0 spiro atoms. The normalized spacial score (nSPS) is 18.9. The van der Waals surface area contributed by atoms with E-state index in [1.165, 1.54) is 5.56 Å². The van der Waals surface area contributed by atoms with Crippen LogP contribution in [0.5, 0.6) is 5.75 Å². The fraction of sp³-hybridized carbons (Fsp3) is 0.286. The van der Waals surface area contributed by atoms with Gasteiger partial charge in [-0.15, -0.1) is 11.6 Å². The van der Waals surface area contributed by atoms with Gasteiger partial charge < -0.3 is 5.11 Å². The van der Waals surface area contributed by atoms with E-state index in [9.17, 15) is 5.11 Å². The van der Waals surface area contributed by atoms with E-state index < -0.39 is 0 Å². The third kappa shape index (κ3) is 1.31. The van der Waals surface area contributed by atoms with Gasteiger partial charge in [-0.25, -0.2) is 0 Å². The lowest BCUT2D eigenvalue weighted by molar-refractivity contribution is 0.471. The molecule has 0 aromatic heterocycles. The van der Waals surface area contributed by atoms with Crippen molar-refractivity contribution in [2.75, 3.05) is 5.88 Å². The molecule has 1 unspecified atom stereocenters. The van der Waals surface area contributed by atoms with Gasteiger partial charge in [-0.1, -0.05) is 30.3 Å². The Morgan fingerprint density at radius 3 is 2.94 bits per heavy atom. The number of hydrogen-bond acceptors (Lipinski definition) is 1. The summed E-state index contributed by atoms with van der Waals surface area (Å²) in [5, 5.41) is 12.4. The number of phenols is 1. The van der Waals surface area contributed by atoms with Gasteiger partial charge in [0.2, 0.25) is 0 Å². The first-order valence-electron chi connectivity index (χ1n) is 5.60. The molecule has 0 radical (unpaired) electrons. The van der Waals surface area contributed by atoms with Crippen molar-refractivity contribution < 1.29 is 5.11 Å². The van der Waals surface area contributed by atoms with Crippen LogP contribution < -0.4 is 0 Å². The fourth-order valence-electron chi connectivity index (χ4n) is 2.69. The van der Waals surface area contributed by atoms with E-state index in [-0.39, 0.29) is 0 Å². The van der Waals surface area contributed by atoms with Crippen LogP contribution in [0, 0.1) is 0 Å². The van der Waals surface area contributed by atoms with Crippen LogP contribution in [-0.4, -0.2) is 11.0 Å². The van der Waals surface area contributed by atoms with Gasteiger partial charge in [0.05, 0.1) is 0 Å². The van der Waals surface area contributed by atoms with Crippen molar-refractivity contribution in [3.63, 3.8) is 0 Å². The Labute approximate surface area is 99.7 Å². The minimum Gasteiger partial charge on any atom is -0.507 e. The number of benzene rings is 2. The van der Waals surface area contributed by atoms with Gasteiger partial charge in [0.15, 0.2) is 0 Å². The summed E-state index contributed by atoms with van der Waals surface area (Å²) in [6.45, 7) is 0. The predicted octanol–water partition coefficient (Wildman–Crippen LogP) is 3.81. The van der Waals surface area contributed by atoms with Gasteiger partial charge in [0.1, 0.15) is 5.75 Å². The van der Waals surface area contributed by atoms with Crippen molar-refractivity contribution in [1.82, 2.24) is 0 Å². The van der Waals surface area contributed by atoms with Crippen LogP contribution in [0.2, 0.25) is 0 Å². The molecular formula is C14H13ClO. The lowest BCUT2D eigenvalue weighted by Gasteiger charge is -2.12. The molecule has 0 fully saturated rings. The molecule has 1 atom stereocenters. The summed E-state index contributed by atoms with van der Waals surface area (Å²) in [6.07, 6.45) is 2.09. The second kappa shape index (κ2) is 3.67. The minimum atomic E-state index is 0.321. The summed E-state index contributed by atoms with van der Waals surface area (Å²) in [6, 6.07) is 10.2. The molecule has 0 aliphatic heterocycles. The standard InChI is InChI=1S/C14H13ClO/c15-8-11-6-5-10-7-9-3-1-2-4-12(9)14(16)13(10)11/h1-4,7,11,16H,5-6,8H2. The molecule has 2 aromatic carbocycles. The van der Waals surface area contributed by atoms with Crippen molar-refractivity contribution >= 4 is 22.4 Å². The lowest BCUT2D eigenvalue weighted by atomic mass is 9.97. The van der Waals surface area contributed by atoms with E-state index in [1.54, 1.807) is 0 Å². The number of phenolic OH excluding ortho intramolecular Hbond substituents is 1. The Bertz CT molecular complexity index is 548. The second-order valence-corrected chi connectivity index (χ2v) is 4.72. The molecule has 0 heterocycles. The van der Waals surface area contributed by atoms with E-state index in [1.807, 2.05) is 24.3 Å². The zero-order valence-electron chi connectivity index (χ0n) is 8.91. The van der Waals surface area contributed by atoms with Gasteiger partial charge in [0, 0.05) is 22.7 Å². The summed E-state index contributed by atoms with van der Waals surface area (Å²) >= 11 is 5.95. The minimum absolute atomic E-state index is 0.321. The Morgan fingerprint density at radius 1 is 1.31 bits per heavy atom. The maximum atomic E-state index is 10.3. The summed E-state index contributed by atoms with van der Waals surface area (Å²) in [5.41, 5.74) is 2.34. The monoisotopic (exact) mass is 232 g/mol. The molecular weight excluding hydrogens is 220 g/mol. The predicted molar refractivity (Wildman–Crippen MR) is 67.4 cm³/mol. The molecule has 0 bridgehead atoms. The molecule has 1 aliphatic rings. The summed E-state index contributed by atoms with van der Waals surface area (Å²) in [4.78, 5) is 0. The number of fused-ring (bicyclic) bond motifs is 2. The highest BCUT2D eigenvalue weighted by Crippen LogP contribution is 2.43. The molecule has 16 heavy (non-hydrogen) atoms. The molecule has 82 valence electrons. The van der Waals surface area contributed by atoms with E-state index in [0.717, 1.165) is 29.2 Å². The number of aromatic hydroxyl groups is 1. The molecule has 3 rings (SSSR count). The number of hydrogen-bond donors (Lipinski definition) is 1. The molecule has 1 nitrogen and oxygen atoms in total. The molecule has 0 saturated heterocycles. The quantitative estimate of drug-likeness (QED) is 0.742. The van der Waals surface area contributed by atoms with Crippen molar-refractivity contribution in [2.45, 2.75) is 18.8 Å². The van der Waals surface area contributed by atoms with Crippen LogP contribution in [0.1, 0.15) is 23.5 Å². The maximum Gasteiger partial charge on any atom is 0.127 e. The molecule has 0 saturated carbocycles. The van der Waals surface area contributed by atoms with Gasteiger partial charge in [0.25, 0.3) is 0 Å². The van der Waals surface area contributed by atoms with Crippen molar-refractivity contribution in [3.8, 4) is 5.75 Å². The Hall–Kier alpha value is -1.21. The first-order chi connectivity index (χ1) is 7.81. The summed E-state index contributed by atoms with van der Waals surface area (Å²) in [5.74, 6) is 1.36. The van der Waals surface area contributed by atoms with Crippen LogP contribution in [-0.2, 0) is 6.42 Å². The Morgan fingerprint density at radius 2 is 2.12 bits per heavy atom. The second-order valence-electron chi connectivity index (χ2n) is 4.41. The summed E-state index contributed by atoms with van der Waals surface area (Å²) < 4.78 is 0. The van der Waals surface area contributed by atoms with Crippen LogP contribution in [0.25, 0.3) is 10.8 Å². The highest BCUT2D eigenvalue weighted by molar-refractivity contribution is 6.18. The average molecular weight is 233 g/mol. The fourth-order valence-corrected chi connectivity index (χ4v) is 3.00. The SMILES string of the molecule is Oc1c2c(cc3ccccc13)CCC2CCl.